The third-order valence-electron chi connectivity index (χ3n) is 4.19. The summed E-state index contributed by atoms with van der Waals surface area (Å²) in [5.41, 5.74) is 2.28. The van der Waals surface area contributed by atoms with Gasteiger partial charge in [0.25, 0.3) is 0 Å². The van der Waals surface area contributed by atoms with Gasteiger partial charge in [-0.3, -0.25) is 4.99 Å². The number of aryl methyl sites for hydroxylation is 1. The molecule has 2 N–H and O–H groups in total. The average Bonchev–Trinajstić information content (AvgIpc) is 3.21. The van der Waals surface area contributed by atoms with Crippen molar-refractivity contribution >= 4 is 17.3 Å². The summed E-state index contributed by atoms with van der Waals surface area (Å²) >= 11 is 1.79. The molecule has 148 valence electrons. The third kappa shape index (κ3) is 7.23. The highest BCUT2D eigenvalue weighted by molar-refractivity contribution is 7.10. The lowest BCUT2D eigenvalue weighted by molar-refractivity contribution is 0.110. The van der Waals surface area contributed by atoms with Gasteiger partial charge in [-0.05, 0) is 36.9 Å². The maximum absolute atomic E-state index is 5.91. The quantitative estimate of drug-likeness (QED) is 0.367. The number of nitrogens with zero attached hydrogens (tertiary/aromatic N) is 1. The summed E-state index contributed by atoms with van der Waals surface area (Å²) in [4.78, 5) is 5.70. The maximum Gasteiger partial charge on any atom is 0.191 e. The van der Waals surface area contributed by atoms with E-state index in [0.717, 1.165) is 23.8 Å². The van der Waals surface area contributed by atoms with Crippen LogP contribution in [0.15, 0.2) is 40.7 Å². The lowest BCUT2D eigenvalue weighted by atomic mass is 10.1. The second-order valence-corrected chi connectivity index (χ2v) is 7.36. The lowest BCUT2D eigenvalue weighted by Crippen LogP contribution is -2.38. The number of benzene rings is 1. The smallest absolute Gasteiger partial charge is 0.191 e. The number of aliphatic imine (C=N–C) groups is 1. The van der Waals surface area contributed by atoms with Crippen molar-refractivity contribution < 1.29 is 9.47 Å². The summed E-state index contributed by atoms with van der Waals surface area (Å²) in [6.45, 7) is 9.62. The molecule has 27 heavy (non-hydrogen) atoms. The monoisotopic (exact) mass is 389 g/mol. The van der Waals surface area contributed by atoms with E-state index in [-0.39, 0.29) is 0 Å². The highest BCUT2D eigenvalue weighted by atomic mass is 32.1. The molecule has 0 spiro atoms. The van der Waals surface area contributed by atoms with Crippen LogP contribution in [0.25, 0.3) is 0 Å². The van der Waals surface area contributed by atoms with Gasteiger partial charge in [0.2, 0.25) is 0 Å². The number of hydrogen-bond donors (Lipinski definition) is 2. The Morgan fingerprint density at radius 3 is 2.78 bits per heavy atom. The predicted molar refractivity (Wildman–Crippen MR) is 114 cm³/mol. The Kier molecular flexibility index (Phi) is 9.15. The summed E-state index contributed by atoms with van der Waals surface area (Å²) in [5.74, 6) is 2.13. The van der Waals surface area contributed by atoms with Crippen molar-refractivity contribution in [1.82, 2.24) is 10.6 Å². The van der Waals surface area contributed by atoms with Gasteiger partial charge >= 0.3 is 0 Å². The molecule has 0 radical (unpaired) electrons. The fraction of sp³-hybridized carbons (Fsp3) is 0.476. The number of thiophene rings is 1. The molecule has 1 aromatic heterocycles. The van der Waals surface area contributed by atoms with E-state index in [1.807, 2.05) is 6.92 Å². The number of rotatable bonds is 10. The molecule has 1 aromatic carbocycles. The molecule has 0 amide bonds. The first-order valence-electron chi connectivity index (χ1n) is 9.42. The van der Waals surface area contributed by atoms with Gasteiger partial charge in [0.1, 0.15) is 12.4 Å². The number of guanidine groups is 1. The highest BCUT2D eigenvalue weighted by Crippen LogP contribution is 2.21. The topological polar surface area (TPSA) is 54.9 Å². The van der Waals surface area contributed by atoms with Crippen molar-refractivity contribution in [2.24, 2.45) is 4.99 Å². The minimum atomic E-state index is 0.445. The second-order valence-electron chi connectivity index (χ2n) is 6.38. The molecule has 1 heterocycles. The van der Waals surface area contributed by atoms with Crippen LogP contribution in [0.4, 0.5) is 0 Å². The van der Waals surface area contributed by atoms with E-state index in [1.54, 1.807) is 18.4 Å². The van der Waals surface area contributed by atoms with Crippen molar-refractivity contribution in [1.29, 1.82) is 0 Å². The molecule has 2 rings (SSSR count). The van der Waals surface area contributed by atoms with E-state index < -0.39 is 0 Å². The van der Waals surface area contributed by atoms with E-state index in [2.05, 4.69) is 65.2 Å². The number of nitrogens with one attached hydrogen (secondary N) is 2. The van der Waals surface area contributed by atoms with Gasteiger partial charge < -0.3 is 20.1 Å². The molecule has 0 aliphatic carbocycles. The summed E-state index contributed by atoms with van der Waals surface area (Å²) < 4.78 is 11.3. The molecule has 2 aromatic rings. The zero-order valence-corrected chi connectivity index (χ0v) is 17.6. The molecular formula is C21H31N3O2S. The van der Waals surface area contributed by atoms with Gasteiger partial charge in [0.05, 0.1) is 6.61 Å². The largest absolute Gasteiger partial charge is 0.491 e. The van der Waals surface area contributed by atoms with Gasteiger partial charge in [-0.25, -0.2) is 0 Å². The van der Waals surface area contributed by atoms with Gasteiger partial charge in [0, 0.05) is 43.1 Å². The Balaban J connectivity index is 1.87. The summed E-state index contributed by atoms with van der Waals surface area (Å²) in [5, 5.41) is 8.90. The minimum absolute atomic E-state index is 0.445. The van der Waals surface area contributed by atoms with E-state index in [4.69, 9.17) is 9.47 Å². The van der Waals surface area contributed by atoms with Gasteiger partial charge in [-0.15, -0.1) is 11.3 Å². The minimum Gasteiger partial charge on any atom is -0.491 e. The standard InChI is InChI=1S/C21H31N3O2S/c1-5-25-10-11-26-19-13-16(2)8-9-18(19)15-24-21(22-4)23-14-17(3)20-7-6-12-27-20/h6-9,12-13,17H,5,10-11,14-15H2,1-4H3,(H2,22,23,24). The summed E-state index contributed by atoms with van der Waals surface area (Å²) in [7, 11) is 1.79. The van der Waals surface area contributed by atoms with Crippen molar-refractivity contribution in [3.8, 4) is 5.75 Å². The van der Waals surface area contributed by atoms with Crippen LogP contribution in [0.1, 0.15) is 35.8 Å². The van der Waals surface area contributed by atoms with Crippen molar-refractivity contribution in [2.45, 2.75) is 33.2 Å². The highest BCUT2D eigenvalue weighted by Gasteiger charge is 2.09. The molecule has 0 saturated carbocycles. The van der Waals surface area contributed by atoms with Crippen LogP contribution in [0.2, 0.25) is 0 Å². The molecule has 1 unspecified atom stereocenters. The molecule has 1 atom stereocenters. The Bertz CT molecular complexity index is 701. The van der Waals surface area contributed by atoms with Crippen LogP contribution in [-0.2, 0) is 11.3 Å². The first-order valence-corrected chi connectivity index (χ1v) is 10.3. The molecule has 0 bridgehead atoms. The Morgan fingerprint density at radius 1 is 1.22 bits per heavy atom. The summed E-state index contributed by atoms with van der Waals surface area (Å²) in [6, 6.07) is 10.5. The van der Waals surface area contributed by atoms with Gasteiger partial charge in [0.15, 0.2) is 5.96 Å². The molecular weight excluding hydrogens is 358 g/mol. The zero-order chi connectivity index (χ0) is 19.5. The van der Waals surface area contributed by atoms with E-state index in [1.165, 1.54) is 10.4 Å². The van der Waals surface area contributed by atoms with Crippen LogP contribution in [0.5, 0.6) is 5.75 Å². The number of ether oxygens (including phenoxy) is 2. The van der Waals surface area contributed by atoms with E-state index >= 15 is 0 Å². The molecule has 0 saturated heterocycles. The second kappa shape index (κ2) is 11.6. The molecule has 6 heteroatoms. The zero-order valence-electron chi connectivity index (χ0n) is 16.7. The van der Waals surface area contributed by atoms with Crippen molar-refractivity contribution in [2.75, 3.05) is 33.4 Å². The molecule has 0 aliphatic rings. The average molecular weight is 390 g/mol. The summed E-state index contributed by atoms with van der Waals surface area (Å²) in [6.07, 6.45) is 0. The van der Waals surface area contributed by atoms with E-state index in [9.17, 15) is 0 Å². The van der Waals surface area contributed by atoms with Crippen LogP contribution in [-0.4, -0.2) is 39.4 Å². The predicted octanol–water partition coefficient (Wildman–Crippen LogP) is 3.94. The van der Waals surface area contributed by atoms with Crippen LogP contribution < -0.4 is 15.4 Å². The lowest BCUT2D eigenvalue weighted by Gasteiger charge is -2.17. The Labute approximate surface area is 166 Å². The fourth-order valence-corrected chi connectivity index (χ4v) is 3.41. The fourth-order valence-electron chi connectivity index (χ4n) is 2.62. The SMILES string of the molecule is CCOCCOc1cc(C)ccc1CNC(=NC)NCC(C)c1cccs1. The molecule has 0 fully saturated rings. The Morgan fingerprint density at radius 2 is 2.07 bits per heavy atom. The van der Waals surface area contributed by atoms with Crippen molar-refractivity contribution in [3.63, 3.8) is 0 Å². The van der Waals surface area contributed by atoms with Crippen LogP contribution >= 0.6 is 11.3 Å². The van der Waals surface area contributed by atoms with E-state index in [0.29, 0.717) is 32.3 Å². The first-order chi connectivity index (χ1) is 13.1. The van der Waals surface area contributed by atoms with Gasteiger partial charge in [-0.1, -0.05) is 25.1 Å². The van der Waals surface area contributed by atoms with Gasteiger partial charge in [-0.2, -0.15) is 0 Å². The maximum atomic E-state index is 5.91. The third-order valence-corrected chi connectivity index (χ3v) is 5.29. The van der Waals surface area contributed by atoms with Crippen LogP contribution in [0.3, 0.4) is 0 Å². The van der Waals surface area contributed by atoms with Crippen molar-refractivity contribution in [3.05, 3.63) is 51.7 Å². The van der Waals surface area contributed by atoms with Crippen LogP contribution in [0, 0.1) is 6.92 Å². The number of hydrogen-bond acceptors (Lipinski definition) is 4. The normalized spacial score (nSPS) is 12.7. The first kappa shape index (κ1) is 21.3. The Hall–Kier alpha value is -2.05. The molecule has 0 aliphatic heterocycles. The molecule has 5 nitrogen and oxygen atoms in total.